The lowest BCUT2D eigenvalue weighted by molar-refractivity contribution is 0.106. The van der Waals surface area contributed by atoms with Crippen LogP contribution < -0.4 is 26.4 Å². The number of hydrogen-bond acceptors (Lipinski definition) is 10. The fourth-order valence-electron chi connectivity index (χ4n) is 4.99. The maximum Gasteiger partial charge on any atom is 0.317 e. The number of aliphatic hydroxyl groups excluding tert-OH is 1. The fraction of sp³-hybridized carbons (Fsp3) is 0.786. The second-order valence-electron chi connectivity index (χ2n) is 14.0. The van der Waals surface area contributed by atoms with Gasteiger partial charge in [-0.2, -0.15) is 0 Å². The standard InChI is InChI=1S/C28H64N4O6Si5/c1-26-14-12-13-15-28(26)34-25-27(33)24-32-19-18-31-21-23-43(11,36-40(5,6)7)38-41(8,9)37-42(10,35-39(2,3)4)22-20-30-17-16-29/h12-15,27,30-33H,16-25,29H2,1-11H3. The van der Waals surface area contributed by atoms with E-state index >= 15 is 0 Å². The number of hydrogen-bond donors (Lipinski definition) is 5. The van der Waals surface area contributed by atoms with Crippen LogP contribution in [0.5, 0.6) is 5.75 Å². The molecule has 0 aromatic heterocycles. The summed E-state index contributed by atoms with van der Waals surface area (Å²) in [5, 5.41) is 20.5. The van der Waals surface area contributed by atoms with E-state index in [0.717, 1.165) is 56.1 Å². The zero-order valence-corrected chi connectivity index (χ0v) is 34.0. The van der Waals surface area contributed by atoms with Gasteiger partial charge in [0.05, 0.1) is 0 Å². The molecule has 3 atom stereocenters. The van der Waals surface area contributed by atoms with E-state index in [1.807, 2.05) is 31.2 Å². The summed E-state index contributed by atoms with van der Waals surface area (Å²) in [6.45, 7) is 29.3. The average molecular weight is 693 g/mol. The number of aryl methyl sites for hydroxylation is 1. The summed E-state index contributed by atoms with van der Waals surface area (Å²) in [6, 6.07) is 9.52. The molecule has 0 aliphatic heterocycles. The zero-order valence-electron chi connectivity index (χ0n) is 29.0. The SMILES string of the molecule is Cc1ccccc1OCC(O)CNCCNCC[Si](C)(O[Si](C)(C)C)O[Si](C)(C)O[Si](C)(CCNCCN)O[Si](C)(C)C. The Morgan fingerprint density at radius 1 is 0.698 bits per heavy atom. The minimum absolute atomic E-state index is 0.261. The number of rotatable bonds is 24. The number of para-hydroxylation sites is 1. The van der Waals surface area contributed by atoms with Crippen LogP contribution in [0.3, 0.4) is 0 Å². The first-order valence-corrected chi connectivity index (χ1v) is 30.4. The minimum Gasteiger partial charge on any atom is -0.491 e. The van der Waals surface area contributed by atoms with Crippen LogP contribution in [-0.4, -0.2) is 106 Å². The Kier molecular flexibility index (Phi) is 17.8. The predicted molar refractivity (Wildman–Crippen MR) is 192 cm³/mol. The molecule has 15 heteroatoms. The third-order valence-corrected chi connectivity index (χ3v) is 24.2. The van der Waals surface area contributed by atoms with Gasteiger partial charge in [-0.25, -0.2) is 0 Å². The average Bonchev–Trinajstić information content (AvgIpc) is 2.82. The summed E-state index contributed by atoms with van der Waals surface area (Å²) in [4.78, 5) is 0. The molecule has 10 nitrogen and oxygen atoms in total. The molecule has 1 rings (SSSR count). The zero-order chi connectivity index (χ0) is 32.8. The lowest BCUT2D eigenvalue weighted by Crippen LogP contribution is -2.60. The highest BCUT2D eigenvalue weighted by Gasteiger charge is 2.47. The highest BCUT2D eigenvalue weighted by Crippen LogP contribution is 2.29. The van der Waals surface area contributed by atoms with Crippen molar-refractivity contribution in [1.29, 1.82) is 0 Å². The molecule has 0 aliphatic rings. The molecular formula is C28H64N4O6Si5. The summed E-state index contributed by atoms with van der Waals surface area (Å²) in [5.41, 5.74) is 6.74. The summed E-state index contributed by atoms with van der Waals surface area (Å²) in [7, 11) is -11.3. The van der Waals surface area contributed by atoms with Crippen molar-refractivity contribution in [3.8, 4) is 5.75 Å². The van der Waals surface area contributed by atoms with Gasteiger partial charge in [0.2, 0.25) is 0 Å². The summed E-state index contributed by atoms with van der Waals surface area (Å²) >= 11 is 0. The molecule has 3 unspecified atom stereocenters. The van der Waals surface area contributed by atoms with E-state index < -0.39 is 48.4 Å². The Morgan fingerprint density at radius 2 is 1.19 bits per heavy atom. The number of ether oxygens (including phenoxy) is 1. The van der Waals surface area contributed by atoms with Crippen molar-refractivity contribution in [3.05, 3.63) is 29.8 Å². The Hall–Kier alpha value is -0.256. The molecular weight excluding hydrogens is 629 g/mol. The number of aliphatic hydroxyl groups is 1. The van der Waals surface area contributed by atoms with Gasteiger partial charge in [-0.1, -0.05) is 18.2 Å². The second kappa shape index (κ2) is 18.8. The van der Waals surface area contributed by atoms with E-state index in [-0.39, 0.29) is 6.61 Å². The quantitative estimate of drug-likeness (QED) is 0.0800. The van der Waals surface area contributed by atoms with Crippen LogP contribution in [0.15, 0.2) is 24.3 Å². The van der Waals surface area contributed by atoms with E-state index in [2.05, 4.69) is 81.4 Å². The first-order valence-electron chi connectivity index (χ1n) is 15.8. The summed E-state index contributed by atoms with van der Waals surface area (Å²) < 4.78 is 33.2. The van der Waals surface area contributed by atoms with E-state index in [4.69, 9.17) is 26.9 Å². The number of nitrogens with two attached hydrogens (primary N) is 1. The second-order valence-corrected chi connectivity index (χ2v) is 34.1. The van der Waals surface area contributed by atoms with Gasteiger partial charge in [0.1, 0.15) is 18.5 Å². The molecule has 0 saturated carbocycles. The van der Waals surface area contributed by atoms with Crippen molar-refractivity contribution in [2.24, 2.45) is 5.73 Å². The van der Waals surface area contributed by atoms with Crippen LogP contribution >= 0.6 is 0 Å². The summed E-state index contributed by atoms with van der Waals surface area (Å²) in [5.74, 6) is 0.810. The van der Waals surface area contributed by atoms with Crippen molar-refractivity contribution in [3.63, 3.8) is 0 Å². The molecule has 0 aliphatic carbocycles. The molecule has 0 spiro atoms. The predicted octanol–water partition coefficient (Wildman–Crippen LogP) is 4.04. The van der Waals surface area contributed by atoms with Gasteiger partial charge < -0.3 is 48.0 Å². The molecule has 0 fully saturated rings. The van der Waals surface area contributed by atoms with Gasteiger partial charge in [-0.15, -0.1) is 0 Å². The van der Waals surface area contributed by atoms with Crippen molar-refractivity contribution in [2.75, 3.05) is 52.4 Å². The molecule has 0 saturated heterocycles. The highest BCUT2D eigenvalue weighted by atomic mass is 28.5. The number of nitrogens with one attached hydrogen (secondary N) is 3. The molecule has 43 heavy (non-hydrogen) atoms. The molecule has 1 aromatic rings. The van der Waals surface area contributed by atoms with E-state index in [1.54, 1.807) is 0 Å². The Bertz CT molecular complexity index is 924. The van der Waals surface area contributed by atoms with Crippen LogP contribution in [-0.2, 0) is 16.5 Å². The largest absolute Gasteiger partial charge is 0.491 e. The van der Waals surface area contributed by atoms with Gasteiger partial charge >= 0.3 is 25.7 Å². The monoisotopic (exact) mass is 692 g/mol. The first-order chi connectivity index (χ1) is 19.8. The molecule has 252 valence electrons. The molecule has 0 amide bonds. The minimum atomic E-state index is -2.59. The smallest absolute Gasteiger partial charge is 0.317 e. The maximum absolute atomic E-state index is 10.3. The Balaban J connectivity index is 2.63. The van der Waals surface area contributed by atoms with Crippen LogP contribution in [0.2, 0.25) is 77.6 Å². The molecule has 0 radical (unpaired) electrons. The fourth-order valence-corrected chi connectivity index (χ4v) is 28.2. The Morgan fingerprint density at radius 3 is 1.67 bits per heavy atom. The van der Waals surface area contributed by atoms with Crippen molar-refractivity contribution >= 4 is 42.3 Å². The lowest BCUT2D eigenvalue weighted by atomic mass is 10.2. The normalized spacial score (nSPS) is 16.5. The molecule has 0 heterocycles. The van der Waals surface area contributed by atoms with E-state index in [1.165, 1.54) is 0 Å². The van der Waals surface area contributed by atoms with Gasteiger partial charge in [0.15, 0.2) is 16.6 Å². The van der Waals surface area contributed by atoms with Gasteiger partial charge in [-0.3, -0.25) is 0 Å². The lowest BCUT2D eigenvalue weighted by Gasteiger charge is -2.43. The van der Waals surface area contributed by atoms with Crippen LogP contribution in [0.25, 0.3) is 0 Å². The van der Waals surface area contributed by atoms with Crippen molar-refractivity contribution in [2.45, 2.75) is 90.6 Å². The first kappa shape index (κ1) is 40.8. The molecule has 1 aromatic carbocycles. The molecule has 0 bridgehead atoms. The van der Waals surface area contributed by atoms with Gasteiger partial charge in [-0.05, 0) is 97.1 Å². The van der Waals surface area contributed by atoms with Gasteiger partial charge in [0.25, 0.3) is 0 Å². The van der Waals surface area contributed by atoms with Gasteiger partial charge in [0, 0.05) is 44.8 Å². The van der Waals surface area contributed by atoms with Crippen molar-refractivity contribution in [1.82, 2.24) is 16.0 Å². The van der Waals surface area contributed by atoms with Crippen LogP contribution in [0, 0.1) is 6.92 Å². The highest BCUT2D eigenvalue weighted by molar-refractivity contribution is 6.90. The topological polar surface area (TPSA) is 128 Å². The number of benzene rings is 1. The third kappa shape index (κ3) is 19.8. The van der Waals surface area contributed by atoms with Crippen LogP contribution in [0.1, 0.15) is 5.56 Å². The van der Waals surface area contributed by atoms with E-state index in [9.17, 15) is 5.11 Å². The maximum atomic E-state index is 10.3. The molecule has 6 N–H and O–H groups in total. The van der Waals surface area contributed by atoms with Crippen molar-refractivity contribution < 1.29 is 26.3 Å². The Labute approximate surface area is 268 Å². The van der Waals surface area contributed by atoms with E-state index in [0.29, 0.717) is 13.1 Å². The summed E-state index contributed by atoms with van der Waals surface area (Å²) in [6.07, 6.45) is -0.573. The van der Waals surface area contributed by atoms with Crippen LogP contribution in [0.4, 0.5) is 0 Å². The third-order valence-electron chi connectivity index (χ3n) is 6.18.